The summed E-state index contributed by atoms with van der Waals surface area (Å²) in [6.45, 7) is 2.99. The highest BCUT2D eigenvalue weighted by atomic mass is 16.5. The number of hydrogen-bond acceptors (Lipinski definition) is 3. The van der Waals surface area contributed by atoms with Crippen LogP contribution in [0, 0.1) is 0 Å². The summed E-state index contributed by atoms with van der Waals surface area (Å²) < 4.78 is 5.31. The molecule has 0 bridgehead atoms. The van der Waals surface area contributed by atoms with Gasteiger partial charge in [-0.1, -0.05) is 6.07 Å². The molecule has 2 aliphatic heterocycles. The third-order valence-electron chi connectivity index (χ3n) is 4.34. The summed E-state index contributed by atoms with van der Waals surface area (Å²) in [5, 5.41) is 3.72. The predicted molar refractivity (Wildman–Crippen MR) is 81.1 cm³/mol. The Bertz CT molecular complexity index is 759. The van der Waals surface area contributed by atoms with Gasteiger partial charge in [0.1, 0.15) is 5.69 Å². The van der Waals surface area contributed by atoms with Gasteiger partial charge in [0.2, 0.25) is 0 Å². The summed E-state index contributed by atoms with van der Waals surface area (Å²) in [7, 11) is 0. The van der Waals surface area contributed by atoms with Crippen LogP contribution in [0.25, 0.3) is 10.9 Å². The topological polar surface area (TPSA) is 74.4 Å². The van der Waals surface area contributed by atoms with Crippen LogP contribution in [-0.2, 0) is 11.2 Å². The molecule has 1 aromatic carbocycles. The van der Waals surface area contributed by atoms with E-state index >= 15 is 0 Å². The highest BCUT2D eigenvalue weighted by Gasteiger charge is 2.27. The Kier molecular flexibility index (Phi) is 3.11. The molecule has 3 heterocycles. The number of fused-ring (bicyclic) bond motifs is 3. The minimum absolute atomic E-state index is 0.0154. The van der Waals surface area contributed by atoms with Gasteiger partial charge >= 0.3 is 0 Å². The van der Waals surface area contributed by atoms with Gasteiger partial charge in [-0.25, -0.2) is 0 Å². The molecule has 0 spiro atoms. The van der Waals surface area contributed by atoms with Crippen molar-refractivity contribution in [1.82, 2.24) is 15.2 Å². The van der Waals surface area contributed by atoms with Gasteiger partial charge in [-0.15, -0.1) is 0 Å². The fourth-order valence-electron chi connectivity index (χ4n) is 3.26. The van der Waals surface area contributed by atoms with Gasteiger partial charge in [-0.05, 0) is 24.1 Å². The maximum absolute atomic E-state index is 12.8. The summed E-state index contributed by atoms with van der Waals surface area (Å²) in [6, 6.07) is 5.62. The lowest BCUT2D eigenvalue weighted by Crippen LogP contribution is -2.40. The molecule has 0 radical (unpaired) electrons. The average Bonchev–Trinajstić information content (AvgIpc) is 2.95. The molecule has 0 atom stereocenters. The third kappa shape index (κ3) is 1.99. The molecule has 114 valence electrons. The fourth-order valence-corrected chi connectivity index (χ4v) is 3.26. The van der Waals surface area contributed by atoms with E-state index in [9.17, 15) is 9.59 Å². The maximum Gasteiger partial charge on any atom is 0.268 e. The minimum Gasteiger partial charge on any atom is -0.378 e. The predicted octanol–water partition coefficient (Wildman–Crippen LogP) is 0.926. The zero-order chi connectivity index (χ0) is 15.1. The van der Waals surface area contributed by atoms with Crippen LogP contribution in [0.4, 0.5) is 0 Å². The molecule has 2 aromatic rings. The Hall–Kier alpha value is -2.34. The zero-order valence-corrected chi connectivity index (χ0v) is 12.1. The minimum atomic E-state index is -0.0952. The average molecular weight is 299 g/mol. The third-order valence-corrected chi connectivity index (χ3v) is 4.34. The van der Waals surface area contributed by atoms with Gasteiger partial charge < -0.3 is 19.9 Å². The summed E-state index contributed by atoms with van der Waals surface area (Å²) in [5.41, 5.74) is 3.06. The SMILES string of the molecule is O=C1NCCc2c1[nH]c1cccc(C(=O)N3CCOCC3)c21. The first-order valence-electron chi connectivity index (χ1n) is 7.54. The largest absolute Gasteiger partial charge is 0.378 e. The van der Waals surface area contributed by atoms with E-state index in [4.69, 9.17) is 4.74 Å². The van der Waals surface area contributed by atoms with Gasteiger partial charge in [0.05, 0.1) is 13.2 Å². The normalized spacial score (nSPS) is 18.2. The lowest BCUT2D eigenvalue weighted by molar-refractivity contribution is 0.0304. The summed E-state index contributed by atoms with van der Waals surface area (Å²) in [4.78, 5) is 29.8. The van der Waals surface area contributed by atoms with Gasteiger partial charge in [0.25, 0.3) is 11.8 Å². The fraction of sp³-hybridized carbons (Fsp3) is 0.375. The van der Waals surface area contributed by atoms with Crippen molar-refractivity contribution in [3.63, 3.8) is 0 Å². The van der Waals surface area contributed by atoms with Gasteiger partial charge in [0.15, 0.2) is 0 Å². The van der Waals surface area contributed by atoms with Crippen LogP contribution in [0.15, 0.2) is 18.2 Å². The number of morpholine rings is 1. The molecule has 1 fully saturated rings. The van der Waals surface area contributed by atoms with Crippen LogP contribution in [0.3, 0.4) is 0 Å². The number of carbonyl (C=O) groups is 2. The molecular formula is C16H17N3O3. The number of amides is 2. The van der Waals surface area contributed by atoms with Crippen LogP contribution >= 0.6 is 0 Å². The lowest BCUT2D eigenvalue weighted by Gasteiger charge is -2.27. The van der Waals surface area contributed by atoms with Crippen molar-refractivity contribution in [3.8, 4) is 0 Å². The molecule has 4 rings (SSSR count). The molecule has 2 N–H and O–H groups in total. The number of ether oxygens (including phenoxy) is 1. The molecule has 6 heteroatoms. The van der Waals surface area contributed by atoms with E-state index in [0.717, 1.165) is 22.9 Å². The zero-order valence-electron chi connectivity index (χ0n) is 12.1. The second-order valence-electron chi connectivity index (χ2n) is 5.62. The smallest absolute Gasteiger partial charge is 0.268 e. The summed E-state index contributed by atoms with van der Waals surface area (Å²) in [6.07, 6.45) is 0.745. The first-order chi connectivity index (χ1) is 10.8. The number of hydrogen-bond donors (Lipinski definition) is 2. The number of benzene rings is 1. The van der Waals surface area contributed by atoms with E-state index in [1.807, 2.05) is 23.1 Å². The van der Waals surface area contributed by atoms with Crippen LogP contribution in [-0.4, -0.2) is 54.5 Å². The molecule has 2 aliphatic rings. The Labute approximate surface area is 127 Å². The van der Waals surface area contributed by atoms with Crippen molar-refractivity contribution in [2.24, 2.45) is 0 Å². The molecule has 22 heavy (non-hydrogen) atoms. The number of rotatable bonds is 1. The Morgan fingerprint density at radius 3 is 2.86 bits per heavy atom. The number of carbonyl (C=O) groups excluding carboxylic acids is 2. The summed E-state index contributed by atoms with van der Waals surface area (Å²) >= 11 is 0. The number of aromatic amines is 1. The monoisotopic (exact) mass is 299 g/mol. The Morgan fingerprint density at radius 1 is 1.23 bits per heavy atom. The second kappa shape index (κ2) is 5.14. The molecule has 1 saturated heterocycles. The highest BCUT2D eigenvalue weighted by Crippen LogP contribution is 2.29. The van der Waals surface area contributed by atoms with Gasteiger partial charge in [0, 0.05) is 36.1 Å². The van der Waals surface area contributed by atoms with Gasteiger partial charge in [-0.3, -0.25) is 9.59 Å². The molecule has 0 saturated carbocycles. The summed E-state index contributed by atoms with van der Waals surface area (Å²) in [5.74, 6) is -0.0797. The number of nitrogens with zero attached hydrogens (tertiary/aromatic N) is 1. The number of aromatic nitrogens is 1. The molecule has 2 amide bonds. The van der Waals surface area contributed by atoms with Crippen LogP contribution in [0.5, 0.6) is 0 Å². The van der Waals surface area contributed by atoms with Crippen LogP contribution in [0.2, 0.25) is 0 Å². The van der Waals surface area contributed by atoms with Crippen molar-refractivity contribution < 1.29 is 14.3 Å². The first-order valence-corrected chi connectivity index (χ1v) is 7.54. The van der Waals surface area contributed by atoms with Gasteiger partial charge in [-0.2, -0.15) is 0 Å². The van der Waals surface area contributed by atoms with Crippen molar-refractivity contribution in [3.05, 3.63) is 35.0 Å². The second-order valence-corrected chi connectivity index (χ2v) is 5.62. The molecule has 0 unspecified atom stereocenters. The van der Waals surface area contributed by atoms with Crippen molar-refractivity contribution in [2.45, 2.75) is 6.42 Å². The van der Waals surface area contributed by atoms with E-state index < -0.39 is 0 Å². The van der Waals surface area contributed by atoms with E-state index in [0.29, 0.717) is 44.1 Å². The molecule has 6 nitrogen and oxygen atoms in total. The Balaban J connectivity index is 1.84. The van der Waals surface area contributed by atoms with E-state index in [2.05, 4.69) is 10.3 Å². The highest BCUT2D eigenvalue weighted by molar-refractivity contribution is 6.11. The van der Waals surface area contributed by atoms with E-state index in [1.165, 1.54) is 0 Å². The van der Waals surface area contributed by atoms with Crippen molar-refractivity contribution in [1.29, 1.82) is 0 Å². The molecule has 1 aromatic heterocycles. The maximum atomic E-state index is 12.8. The standard InChI is InChI=1S/C16H17N3O3/c20-15-14-10(4-5-17-15)13-11(2-1-3-12(13)18-14)16(21)19-6-8-22-9-7-19/h1-3,18H,4-9H2,(H,17,20). The first kappa shape index (κ1) is 13.3. The number of H-pyrrole nitrogens is 1. The van der Waals surface area contributed by atoms with E-state index in [-0.39, 0.29) is 11.8 Å². The Morgan fingerprint density at radius 2 is 2.05 bits per heavy atom. The van der Waals surface area contributed by atoms with Crippen molar-refractivity contribution >= 4 is 22.7 Å². The molecular weight excluding hydrogens is 282 g/mol. The lowest BCUT2D eigenvalue weighted by atomic mass is 9.99. The van der Waals surface area contributed by atoms with Crippen LogP contribution < -0.4 is 5.32 Å². The quantitative estimate of drug-likeness (QED) is 0.822. The van der Waals surface area contributed by atoms with Crippen LogP contribution in [0.1, 0.15) is 26.4 Å². The number of nitrogens with one attached hydrogen (secondary N) is 2. The molecule has 0 aliphatic carbocycles. The van der Waals surface area contributed by atoms with Crippen molar-refractivity contribution in [2.75, 3.05) is 32.8 Å². The van der Waals surface area contributed by atoms with E-state index in [1.54, 1.807) is 0 Å².